The van der Waals surface area contributed by atoms with Crippen LogP contribution in [0.15, 0.2) is 29.3 Å². The van der Waals surface area contributed by atoms with Crippen LogP contribution in [0, 0.1) is 12.8 Å². The van der Waals surface area contributed by atoms with E-state index >= 15 is 0 Å². The Hall–Kier alpha value is -1.56. The molecular formula is C20H31N3O2S. The molecule has 0 bridgehead atoms. The summed E-state index contributed by atoms with van der Waals surface area (Å²) in [6, 6.07) is 8.93. The van der Waals surface area contributed by atoms with E-state index in [0.29, 0.717) is 24.3 Å². The molecule has 2 heterocycles. The van der Waals surface area contributed by atoms with Crippen LogP contribution in [0.1, 0.15) is 43.7 Å². The van der Waals surface area contributed by atoms with E-state index in [9.17, 15) is 8.42 Å². The first-order valence-corrected chi connectivity index (χ1v) is 11.5. The maximum absolute atomic E-state index is 11.7. The third kappa shape index (κ3) is 4.78. The molecule has 6 heteroatoms. The first kappa shape index (κ1) is 19.2. The zero-order chi connectivity index (χ0) is 18.7. The Morgan fingerprint density at radius 2 is 2.08 bits per heavy atom. The van der Waals surface area contributed by atoms with Gasteiger partial charge in [-0.05, 0) is 50.7 Å². The van der Waals surface area contributed by atoms with Crippen LogP contribution in [-0.4, -0.2) is 56.5 Å². The summed E-state index contributed by atoms with van der Waals surface area (Å²) in [4.78, 5) is 7.14. The molecule has 1 aromatic rings. The molecule has 0 aromatic heterocycles. The number of aliphatic imine (C=N–C) groups is 1. The molecular weight excluding hydrogens is 346 g/mol. The second-order valence-electron chi connectivity index (χ2n) is 8.02. The number of aryl methyl sites for hydroxylation is 1. The summed E-state index contributed by atoms with van der Waals surface area (Å²) in [5.74, 6) is 2.23. The standard InChI is InChI=1S/C20H31N3O2S/c1-15(2)22-20(21-12-17-9-11-26(24,25)14-17)23-10-8-18(13-23)19-7-5-4-6-16(19)3/h4-7,15,17-18H,8-14H2,1-3H3,(H,21,22). The van der Waals surface area contributed by atoms with Gasteiger partial charge >= 0.3 is 0 Å². The van der Waals surface area contributed by atoms with Crippen molar-refractivity contribution in [2.45, 2.75) is 45.6 Å². The minimum atomic E-state index is -2.84. The Kier molecular flexibility index (Phi) is 5.90. The summed E-state index contributed by atoms with van der Waals surface area (Å²) in [7, 11) is -2.84. The number of guanidine groups is 1. The van der Waals surface area contributed by atoms with Crippen LogP contribution in [0.2, 0.25) is 0 Å². The van der Waals surface area contributed by atoms with Gasteiger partial charge in [0.2, 0.25) is 0 Å². The number of benzene rings is 1. The van der Waals surface area contributed by atoms with Gasteiger partial charge in [-0.15, -0.1) is 0 Å². The Morgan fingerprint density at radius 1 is 1.31 bits per heavy atom. The van der Waals surface area contributed by atoms with Crippen molar-refractivity contribution in [3.8, 4) is 0 Å². The monoisotopic (exact) mass is 377 g/mol. The van der Waals surface area contributed by atoms with Crippen molar-refractivity contribution in [3.63, 3.8) is 0 Å². The highest BCUT2D eigenvalue weighted by Crippen LogP contribution is 2.29. The van der Waals surface area contributed by atoms with E-state index in [1.165, 1.54) is 11.1 Å². The molecule has 2 aliphatic rings. The normalized spacial score (nSPS) is 25.8. The van der Waals surface area contributed by atoms with Crippen LogP contribution < -0.4 is 5.32 Å². The SMILES string of the molecule is Cc1ccccc1C1CCN(C(=NCC2CCS(=O)(=O)C2)NC(C)C)C1. The fourth-order valence-corrected chi connectivity index (χ4v) is 5.83. The van der Waals surface area contributed by atoms with Crippen molar-refractivity contribution < 1.29 is 8.42 Å². The fraction of sp³-hybridized carbons (Fsp3) is 0.650. The number of likely N-dealkylation sites (tertiary alicyclic amines) is 1. The Labute approximate surface area is 157 Å². The van der Waals surface area contributed by atoms with Gasteiger partial charge in [0.1, 0.15) is 0 Å². The highest BCUT2D eigenvalue weighted by Gasteiger charge is 2.30. The predicted octanol–water partition coefficient (Wildman–Crippen LogP) is 2.57. The molecule has 2 unspecified atom stereocenters. The number of rotatable bonds is 4. The van der Waals surface area contributed by atoms with E-state index < -0.39 is 9.84 Å². The molecule has 2 aliphatic heterocycles. The molecule has 5 nitrogen and oxygen atoms in total. The molecule has 3 rings (SSSR count). The lowest BCUT2D eigenvalue weighted by Gasteiger charge is -2.24. The van der Waals surface area contributed by atoms with Crippen LogP contribution in [0.4, 0.5) is 0 Å². The van der Waals surface area contributed by atoms with Gasteiger partial charge in [-0.2, -0.15) is 0 Å². The van der Waals surface area contributed by atoms with E-state index in [1.807, 2.05) is 0 Å². The number of sulfone groups is 1. The second-order valence-corrected chi connectivity index (χ2v) is 10.2. The van der Waals surface area contributed by atoms with Gasteiger partial charge in [-0.3, -0.25) is 4.99 Å². The lowest BCUT2D eigenvalue weighted by atomic mass is 9.94. The summed E-state index contributed by atoms with van der Waals surface area (Å²) in [5, 5.41) is 3.48. The van der Waals surface area contributed by atoms with Gasteiger partial charge < -0.3 is 10.2 Å². The smallest absolute Gasteiger partial charge is 0.194 e. The second kappa shape index (κ2) is 7.99. The average Bonchev–Trinajstić information content (AvgIpc) is 3.18. The van der Waals surface area contributed by atoms with Gasteiger partial charge in [0.25, 0.3) is 0 Å². The first-order valence-electron chi connectivity index (χ1n) is 9.66. The van der Waals surface area contributed by atoms with E-state index in [0.717, 1.165) is 31.9 Å². The van der Waals surface area contributed by atoms with E-state index in [2.05, 4.69) is 55.3 Å². The molecule has 0 radical (unpaired) electrons. The Balaban J connectivity index is 1.68. The predicted molar refractivity (Wildman–Crippen MR) is 107 cm³/mol. The quantitative estimate of drug-likeness (QED) is 0.647. The lowest BCUT2D eigenvalue weighted by molar-refractivity contribution is 0.470. The van der Waals surface area contributed by atoms with Gasteiger partial charge in [-0.1, -0.05) is 24.3 Å². The molecule has 1 N–H and O–H groups in total. The molecule has 0 spiro atoms. The molecule has 2 atom stereocenters. The molecule has 0 saturated carbocycles. The van der Waals surface area contributed by atoms with Gasteiger partial charge in [-0.25, -0.2) is 8.42 Å². The van der Waals surface area contributed by atoms with Gasteiger partial charge in [0.05, 0.1) is 11.5 Å². The lowest BCUT2D eigenvalue weighted by Crippen LogP contribution is -2.43. The van der Waals surface area contributed by atoms with Crippen molar-refractivity contribution in [2.24, 2.45) is 10.9 Å². The van der Waals surface area contributed by atoms with E-state index in [1.54, 1.807) is 0 Å². The molecule has 144 valence electrons. The third-order valence-corrected chi connectivity index (χ3v) is 7.20. The van der Waals surface area contributed by atoms with Crippen molar-refractivity contribution >= 4 is 15.8 Å². The number of nitrogens with one attached hydrogen (secondary N) is 1. The fourth-order valence-electron chi connectivity index (χ4n) is 3.98. The topological polar surface area (TPSA) is 61.8 Å². The van der Waals surface area contributed by atoms with Crippen LogP contribution in [0.25, 0.3) is 0 Å². The molecule has 2 fully saturated rings. The number of hydrogen-bond donors (Lipinski definition) is 1. The van der Waals surface area contributed by atoms with Crippen LogP contribution in [-0.2, 0) is 9.84 Å². The summed E-state index contributed by atoms with van der Waals surface area (Å²) in [6.07, 6.45) is 1.87. The maximum Gasteiger partial charge on any atom is 0.194 e. The summed E-state index contributed by atoms with van der Waals surface area (Å²) < 4.78 is 23.4. The first-order chi connectivity index (χ1) is 12.3. The summed E-state index contributed by atoms with van der Waals surface area (Å²) >= 11 is 0. The third-order valence-electron chi connectivity index (χ3n) is 5.36. The van der Waals surface area contributed by atoms with Crippen molar-refractivity contribution in [2.75, 3.05) is 31.1 Å². The molecule has 26 heavy (non-hydrogen) atoms. The minimum Gasteiger partial charge on any atom is -0.354 e. The summed E-state index contributed by atoms with van der Waals surface area (Å²) in [5.41, 5.74) is 2.78. The maximum atomic E-state index is 11.7. The van der Waals surface area contributed by atoms with E-state index in [-0.39, 0.29) is 11.7 Å². The highest BCUT2D eigenvalue weighted by molar-refractivity contribution is 7.91. The highest BCUT2D eigenvalue weighted by atomic mass is 32.2. The molecule has 0 aliphatic carbocycles. The average molecular weight is 378 g/mol. The van der Waals surface area contributed by atoms with Gasteiger partial charge in [0.15, 0.2) is 15.8 Å². The van der Waals surface area contributed by atoms with Crippen molar-refractivity contribution in [1.82, 2.24) is 10.2 Å². The zero-order valence-electron chi connectivity index (χ0n) is 16.1. The number of nitrogens with zero attached hydrogens (tertiary/aromatic N) is 2. The van der Waals surface area contributed by atoms with Gasteiger partial charge in [0, 0.05) is 31.6 Å². The number of hydrogen-bond acceptors (Lipinski definition) is 3. The Morgan fingerprint density at radius 3 is 2.73 bits per heavy atom. The zero-order valence-corrected chi connectivity index (χ0v) is 16.9. The largest absolute Gasteiger partial charge is 0.354 e. The van der Waals surface area contributed by atoms with E-state index in [4.69, 9.17) is 4.99 Å². The molecule has 2 saturated heterocycles. The van der Waals surface area contributed by atoms with Crippen molar-refractivity contribution in [1.29, 1.82) is 0 Å². The minimum absolute atomic E-state index is 0.165. The summed E-state index contributed by atoms with van der Waals surface area (Å²) in [6.45, 7) is 8.96. The molecule has 0 amide bonds. The molecule has 1 aromatic carbocycles. The van der Waals surface area contributed by atoms with Crippen LogP contribution >= 0.6 is 0 Å². The van der Waals surface area contributed by atoms with Crippen molar-refractivity contribution in [3.05, 3.63) is 35.4 Å². The Bertz CT molecular complexity index is 758. The van der Waals surface area contributed by atoms with Crippen LogP contribution in [0.5, 0.6) is 0 Å². The van der Waals surface area contributed by atoms with Crippen LogP contribution in [0.3, 0.4) is 0 Å².